The van der Waals surface area contributed by atoms with Crippen molar-refractivity contribution in [2.45, 2.75) is 0 Å². The van der Waals surface area contributed by atoms with Gasteiger partial charge in [0.25, 0.3) is 0 Å². The predicted molar refractivity (Wildman–Crippen MR) is 20.4 cm³/mol. The third-order valence-electron chi connectivity index (χ3n) is 0.190. The molecule has 31 valence electrons. The van der Waals surface area contributed by atoms with Crippen LogP contribution in [0.4, 0.5) is 0 Å². The van der Waals surface area contributed by atoms with Crippen LogP contribution in [0.15, 0.2) is 0 Å². The van der Waals surface area contributed by atoms with Crippen LogP contribution >= 0.6 is 0 Å². The molecule has 0 aromatic heterocycles. The summed E-state index contributed by atoms with van der Waals surface area (Å²) in [7, 11) is 3.09. The maximum absolute atomic E-state index is 6.35. The first kappa shape index (κ1) is 9.51. The fourth-order valence-electron chi connectivity index (χ4n) is 0. The van der Waals surface area contributed by atoms with Crippen LogP contribution < -0.4 is 11.1 Å². The number of hydrogen-bond donors (Lipinski definition) is 3. The zero-order chi connectivity index (χ0) is 4.28. The maximum atomic E-state index is 6.35. The molecule has 0 saturated carbocycles. The van der Waals surface area contributed by atoms with E-state index in [1.54, 1.807) is 0 Å². The van der Waals surface area contributed by atoms with Crippen LogP contribution in [-0.4, -0.2) is 5.96 Å². The smallest absolute Gasteiger partial charge is 0.185 e. The van der Waals surface area contributed by atoms with Crippen molar-refractivity contribution in [1.82, 2.24) is 5.32 Å². The van der Waals surface area contributed by atoms with Crippen LogP contribution in [0, 0.1) is 12.5 Å². The molecule has 0 fully saturated rings. The van der Waals surface area contributed by atoms with Crippen LogP contribution in [0.5, 0.6) is 0 Å². The molecular formula is C2H6HgN3. The van der Waals surface area contributed by atoms with Crippen LogP contribution in [0.1, 0.15) is 0 Å². The third-order valence-corrected chi connectivity index (χ3v) is 0.190. The number of rotatable bonds is 0. The standard InChI is InChI=1S/C2H6N3.Hg/c1-5-2(3)4;/h1H2,(H4,3,4,5);. The molecule has 0 bridgehead atoms. The molecule has 0 rings (SSSR count). The van der Waals surface area contributed by atoms with Crippen LogP contribution in [0.3, 0.4) is 0 Å². The molecule has 3 nitrogen and oxygen atoms in total. The van der Waals surface area contributed by atoms with Crippen molar-refractivity contribution in [3.05, 3.63) is 7.05 Å². The van der Waals surface area contributed by atoms with Gasteiger partial charge in [-0.05, 0) is 0 Å². The van der Waals surface area contributed by atoms with E-state index in [1.165, 1.54) is 0 Å². The van der Waals surface area contributed by atoms with Gasteiger partial charge in [0.1, 0.15) is 0 Å². The monoisotopic (exact) mass is 274 g/mol. The number of guanidine groups is 1. The van der Waals surface area contributed by atoms with Crippen LogP contribution in [0.25, 0.3) is 0 Å². The molecule has 0 spiro atoms. The van der Waals surface area contributed by atoms with Gasteiger partial charge in [-0.25, -0.2) is 0 Å². The van der Waals surface area contributed by atoms with E-state index in [0.29, 0.717) is 0 Å². The van der Waals surface area contributed by atoms with Gasteiger partial charge in [-0.2, -0.15) is 0 Å². The van der Waals surface area contributed by atoms with Gasteiger partial charge in [0.2, 0.25) is 0 Å². The second-order valence-electron chi connectivity index (χ2n) is 0.590. The first-order chi connectivity index (χ1) is 2.27. The maximum Gasteiger partial charge on any atom is 0.185 e. The molecule has 1 radical (unpaired) electrons. The molecule has 4 heteroatoms. The second-order valence-corrected chi connectivity index (χ2v) is 0.590. The summed E-state index contributed by atoms with van der Waals surface area (Å²) in [5.74, 6) is -0.106. The van der Waals surface area contributed by atoms with E-state index < -0.39 is 0 Å². The molecule has 6 heavy (non-hydrogen) atoms. The number of nitrogens with one attached hydrogen (secondary N) is 2. The van der Waals surface area contributed by atoms with Gasteiger partial charge >= 0.3 is 0 Å². The average molecular weight is 273 g/mol. The summed E-state index contributed by atoms with van der Waals surface area (Å²) >= 11 is 0. The minimum atomic E-state index is -0.106. The minimum absolute atomic E-state index is 0. The fourth-order valence-corrected chi connectivity index (χ4v) is 0. The zero-order valence-electron chi connectivity index (χ0n) is 3.49. The molecule has 0 atom stereocenters. The van der Waals surface area contributed by atoms with Crippen LogP contribution in [0.2, 0.25) is 0 Å². The summed E-state index contributed by atoms with van der Waals surface area (Å²) in [6, 6.07) is 0. The Balaban J connectivity index is 0. The van der Waals surface area contributed by atoms with Crippen molar-refractivity contribution >= 4 is 5.96 Å². The molecule has 0 saturated heterocycles. The van der Waals surface area contributed by atoms with Gasteiger partial charge in [-0.3, -0.25) is 5.41 Å². The van der Waals surface area contributed by atoms with Crippen molar-refractivity contribution in [3.8, 4) is 0 Å². The van der Waals surface area contributed by atoms with Crippen molar-refractivity contribution in [2.75, 3.05) is 0 Å². The Morgan fingerprint density at radius 1 is 1.83 bits per heavy atom. The largest absolute Gasteiger partial charge is 0.370 e. The summed E-state index contributed by atoms with van der Waals surface area (Å²) in [6.45, 7) is 0. The Labute approximate surface area is 57.3 Å². The Bertz CT molecular complexity index is 44.1. The quantitative estimate of drug-likeness (QED) is 0.309. The van der Waals surface area contributed by atoms with Gasteiger partial charge in [0.05, 0.1) is 0 Å². The van der Waals surface area contributed by atoms with E-state index in [2.05, 4.69) is 12.4 Å². The zero-order valence-corrected chi connectivity index (χ0v) is 8.99. The van der Waals surface area contributed by atoms with Gasteiger partial charge in [0.15, 0.2) is 5.96 Å². The summed E-state index contributed by atoms with van der Waals surface area (Å²) in [5, 5.41) is 8.49. The first-order valence-corrected chi connectivity index (χ1v) is 1.14. The van der Waals surface area contributed by atoms with E-state index in [4.69, 9.17) is 11.1 Å². The van der Waals surface area contributed by atoms with Crippen molar-refractivity contribution in [3.63, 3.8) is 0 Å². The van der Waals surface area contributed by atoms with Crippen LogP contribution in [-0.2, 0) is 27.7 Å². The molecule has 0 aliphatic rings. The van der Waals surface area contributed by atoms with E-state index in [0.717, 1.165) is 0 Å². The minimum Gasteiger partial charge on any atom is -0.370 e. The molecule has 0 aromatic rings. The predicted octanol–water partition coefficient (Wildman–Crippen LogP) is -0.741. The second kappa shape index (κ2) is 5.21. The average Bonchev–Trinajstić information content (AvgIpc) is 1.38. The van der Waals surface area contributed by atoms with E-state index in [1.807, 2.05) is 0 Å². The Kier molecular flexibility index (Phi) is 8.25. The molecule has 0 aliphatic carbocycles. The SMILES string of the molecule is [CH2]NC(=N)N.[Hg]. The van der Waals surface area contributed by atoms with Crippen molar-refractivity contribution < 1.29 is 27.7 Å². The molecule has 0 unspecified atom stereocenters. The molecule has 0 aliphatic heterocycles. The first-order valence-electron chi connectivity index (χ1n) is 1.14. The van der Waals surface area contributed by atoms with Gasteiger partial charge in [0, 0.05) is 34.7 Å². The van der Waals surface area contributed by atoms with E-state index in [9.17, 15) is 0 Å². The molecule has 0 heterocycles. The fraction of sp³-hybridized carbons (Fsp3) is 0. The third kappa shape index (κ3) is 8.88. The summed E-state index contributed by atoms with van der Waals surface area (Å²) in [6.07, 6.45) is 0. The Hall–Kier alpha value is 0.205. The Morgan fingerprint density at radius 2 is 2.00 bits per heavy atom. The van der Waals surface area contributed by atoms with E-state index >= 15 is 0 Å². The summed E-state index contributed by atoms with van der Waals surface area (Å²) in [4.78, 5) is 0. The molecular weight excluding hydrogens is 267 g/mol. The van der Waals surface area contributed by atoms with E-state index in [-0.39, 0.29) is 33.6 Å². The summed E-state index contributed by atoms with van der Waals surface area (Å²) in [5.41, 5.74) is 4.70. The van der Waals surface area contributed by atoms with Gasteiger partial charge < -0.3 is 11.1 Å². The topological polar surface area (TPSA) is 61.9 Å². The number of nitrogens with two attached hydrogens (primary N) is 1. The van der Waals surface area contributed by atoms with Crippen molar-refractivity contribution in [2.24, 2.45) is 5.73 Å². The number of hydrogen-bond acceptors (Lipinski definition) is 1. The Morgan fingerprint density at radius 3 is 2.00 bits per heavy atom. The molecule has 0 amide bonds. The van der Waals surface area contributed by atoms with Crippen molar-refractivity contribution in [1.29, 1.82) is 5.41 Å². The normalized spacial score (nSPS) is 5.50. The molecule has 4 N–H and O–H groups in total. The van der Waals surface area contributed by atoms with Gasteiger partial charge in [-0.15, -0.1) is 0 Å². The molecule has 0 aromatic carbocycles. The van der Waals surface area contributed by atoms with Gasteiger partial charge in [-0.1, -0.05) is 0 Å². The summed E-state index contributed by atoms with van der Waals surface area (Å²) < 4.78 is 0.